The van der Waals surface area contributed by atoms with Gasteiger partial charge in [-0.2, -0.15) is 0 Å². The molecule has 6 heteroatoms. The number of aryl methyl sites for hydroxylation is 1. The number of halogens is 1. The summed E-state index contributed by atoms with van der Waals surface area (Å²) in [7, 11) is 0. The number of nitrogens with one attached hydrogen (secondary N) is 2. The van der Waals surface area contributed by atoms with E-state index >= 15 is 0 Å². The largest absolute Gasteiger partial charge is 0.465 e. The molecular weight excluding hydrogens is 302 g/mol. The predicted molar refractivity (Wildman–Crippen MR) is 87.9 cm³/mol. The van der Waals surface area contributed by atoms with Crippen LogP contribution in [0.1, 0.15) is 24.1 Å². The molecule has 1 aromatic heterocycles. The van der Waals surface area contributed by atoms with Gasteiger partial charge >= 0.3 is 6.09 Å². The minimum atomic E-state index is -1.00. The Kier molecular flexibility index (Phi) is 4.34. The molecule has 3 rings (SSSR count). The molecule has 0 radical (unpaired) electrons. The monoisotopic (exact) mass is 319 g/mol. The number of hydrogen-bond donors (Lipinski definition) is 3. The molecule has 0 unspecified atom stereocenters. The number of rotatable bonds is 4. The summed E-state index contributed by atoms with van der Waals surface area (Å²) in [6, 6.07) is 5.72. The lowest BCUT2D eigenvalue weighted by molar-refractivity contribution is 0.195. The first-order valence-electron chi connectivity index (χ1n) is 7.47. The minimum absolute atomic E-state index is 0.363. The van der Waals surface area contributed by atoms with Crippen molar-refractivity contribution in [2.24, 2.45) is 0 Å². The summed E-state index contributed by atoms with van der Waals surface area (Å²) in [4.78, 5) is 15.3. The molecule has 0 atom stereocenters. The van der Waals surface area contributed by atoms with E-state index in [2.05, 4.69) is 10.6 Å². The van der Waals surface area contributed by atoms with E-state index in [9.17, 15) is 4.79 Å². The zero-order valence-electron chi connectivity index (χ0n) is 12.2. The van der Waals surface area contributed by atoms with Gasteiger partial charge in [-0.25, -0.2) is 4.79 Å². The van der Waals surface area contributed by atoms with Crippen LogP contribution >= 0.6 is 11.6 Å². The van der Waals surface area contributed by atoms with Gasteiger partial charge in [-0.05, 0) is 49.4 Å². The zero-order valence-corrected chi connectivity index (χ0v) is 12.9. The first-order valence-corrected chi connectivity index (χ1v) is 7.84. The van der Waals surface area contributed by atoms with Gasteiger partial charge < -0.3 is 15.7 Å². The standard InChI is InChI=1S/C16H18ClN3O2/c17-10-5-6-12-14(9-10)20-13-4-2-1-3-11(13)15(12)18-7-8-19-16(21)22/h5-6,9,19H,1-4,7-8H2,(H,18,20)(H,21,22). The zero-order chi connectivity index (χ0) is 15.5. The number of benzene rings is 1. The third-order valence-corrected chi connectivity index (χ3v) is 4.16. The van der Waals surface area contributed by atoms with Crippen LogP contribution in [0.3, 0.4) is 0 Å². The molecule has 0 spiro atoms. The Morgan fingerprint density at radius 3 is 2.91 bits per heavy atom. The first-order chi connectivity index (χ1) is 10.6. The van der Waals surface area contributed by atoms with Gasteiger partial charge in [0.1, 0.15) is 0 Å². The highest BCUT2D eigenvalue weighted by Gasteiger charge is 2.18. The molecule has 0 bridgehead atoms. The Bertz CT molecular complexity index is 718. The van der Waals surface area contributed by atoms with E-state index in [-0.39, 0.29) is 0 Å². The average molecular weight is 320 g/mol. The van der Waals surface area contributed by atoms with E-state index in [0.29, 0.717) is 18.1 Å². The maximum absolute atomic E-state index is 10.5. The SMILES string of the molecule is O=C(O)NCCNc1c2c(nc3cc(Cl)ccc13)CCCC2. The van der Waals surface area contributed by atoms with Crippen LogP contribution in [0.4, 0.5) is 10.5 Å². The van der Waals surface area contributed by atoms with E-state index in [1.807, 2.05) is 18.2 Å². The molecule has 0 saturated carbocycles. The molecular formula is C16H18ClN3O2. The van der Waals surface area contributed by atoms with E-state index in [1.165, 1.54) is 5.56 Å². The second-order valence-electron chi connectivity index (χ2n) is 5.44. The lowest BCUT2D eigenvalue weighted by Crippen LogP contribution is -2.27. The third kappa shape index (κ3) is 3.09. The Hall–Kier alpha value is -2.01. The fraction of sp³-hybridized carbons (Fsp3) is 0.375. The van der Waals surface area contributed by atoms with Crippen LogP contribution in [-0.4, -0.2) is 29.3 Å². The minimum Gasteiger partial charge on any atom is -0.465 e. The number of pyridine rings is 1. The van der Waals surface area contributed by atoms with Gasteiger partial charge in [0, 0.05) is 34.9 Å². The quantitative estimate of drug-likeness (QED) is 0.755. The Balaban J connectivity index is 1.95. The molecule has 1 amide bonds. The number of hydrogen-bond acceptors (Lipinski definition) is 3. The lowest BCUT2D eigenvalue weighted by atomic mass is 9.92. The molecule has 1 aliphatic rings. The summed E-state index contributed by atoms with van der Waals surface area (Å²) in [5.41, 5.74) is 4.36. The van der Waals surface area contributed by atoms with Crippen molar-refractivity contribution in [3.05, 3.63) is 34.5 Å². The number of fused-ring (bicyclic) bond motifs is 2. The summed E-state index contributed by atoms with van der Waals surface area (Å²) in [6.45, 7) is 0.905. The average Bonchev–Trinajstić information content (AvgIpc) is 2.50. The molecule has 22 heavy (non-hydrogen) atoms. The maximum Gasteiger partial charge on any atom is 0.404 e. The summed E-state index contributed by atoms with van der Waals surface area (Å²) < 4.78 is 0. The summed E-state index contributed by atoms with van der Waals surface area (Å²) in [6.07, 6.45) is 3.31. The van der Waals surface area contributed by atoms with Gasteiger partial charge in [0.25, 0.3) is 0 Å². The Labute approximate surface area is 133 Å². The molecule has 1 heterocycles. The van der Waals surface area contributed by atoms with Crippen molar-refractivity contribution in [3.8, 4) is 0 Å². The van der Waals surface area contributed by atoms with Crippen molar-refractivity contribution in [2.75, 3.05) is 18.4 Å². The highest BCUT2D eigenvalue weighted by atomic mass is 35.5. The van der Waals surface area contributed by atoms with Crippen molar-refractivity contribution in [2.45, 2.75) is 25.7 Å². The van der Waals surface area contributed by atoms with Gasteiger partial charge in [0.2, 0.25) is 0 Å². The number of carbonyl (C=O) groups is 1. The normalized spacial score (nSPS) is 13.7. The molecule has 1 aromatic carbocycles. The van der Waals surface area contributed by atoms with Crippen molar-refractivity contribution >= 4 is 34.3 Å². The van der Waals surface area contributed by atoms with E-state index in [1.54, 1.807) is 0 Å². The van der Waals surface area contributed by atoms with Crippen molar-refractivity contribution in [1.29, 1.82) is 0 Å². The van der Waals surface area contributed by atoms with Crippen molar-refractivity contribution < 1.29 is 9.90 Å². The number of aromatic nitrogens is 1. The smallest absolute Gasteiger partial charge is 0.404 e. The van der Waals surface area contributed by atoms with Crippen LogP contribution in [0.2, 0.25) is 5.02 Å². The van der Waals surface area contributed by atoms with E-state index in [0.717, 1.165) is 48.0 Å². The van der Waals surface area contributed by atoms with Gasteiger partial charge in [-0.1, -0.05) is 11.6 Å². The Morgan fingerprint density at radius 2 is 2.09 bits per heavy atom. The van der Waals surface area contributed by atoms with Gasteiger partial charge in [-0.3, -0.25) is 4.98 Å². The van der Waals surface area contributed by atoms with Crippen LogP contribution in [0, 0.1) is 0 Å². The first kappa shape index (κ1) is 14.9. The Morgan fingerprint density at radius 1 is 1.27 bits per heavy atom. The third-order valence-electron chi connectivity index (χ3n) is 3.93. The summed E-state index contributed by atoms with van der Waals surface area (Å²) >= 11 is 6.08. The molecule has 0 fully saturated rings. The summed E-state index contributed by atoms with van der Waals surface area (Å²) in [5, 5.41) is 16.1. The van der Waals surface area contributed by atoms with Gasteiger partial charge in [0.05, 0.1) is 5.52 Å². The van der Waals surface area contributed by atoms with Crippen LogP contribution in [0.25, 0.3) is 10.9 Å². The van der Waals surface area contributed by atoms with E-state index in [4.69, 9.17) is 21.7 Å². The van der Waals surface area contributed by atoms with Gasteiger partial charge in [0.15, 0.2) is 0 Å². The fourth-order valence-electron chi connectivity index (χ4n) is 2.96. The highest BCUT2D eigenvalue weighted by Crippen LogP contribution is 2.34. The number of anilines is 1. The molecule has 2 aromatic rings. The molecule has 3 N–H and O–H groups in total. The summed E-state index contributed by atoms with van der Waals surface area (Å²) in [5.74, 6) is 0. The molecule has 0 aliphatic heterocycles. The van der Waals surface area contributed by atoms with Gasteiger partial charge in [-0.15, -0.1) is 0 Å². The highest BCUT2D eigenvalue weighted by molar-refractivity contribution is 6.31. The van der Waals surface area contributed by atoms with E-state index < -0.39 is 6.09 Å². The molecule has 5 nitrogen and oxygen atoms in total. The van der Waals surface area contributed by atoms with Crippen molar-refractivity contribution in [1.82, 2.24) is 10.3 Å². The van der Waals surface area contributed by atoms with Crippen LogP contribution in [0.5, 0.6) is 0 Å². The number of carboxylic acid groups (broad SMARTS) is 1. The van der Waals surface area contributed by atoms with Crippen LogP contribution in [0.15, 0.2) is 18.2 Å². The molecule has 116 valence electrons. The topological polar surface area (TPSA) is 74.2 Å². The van der Waals surface area contributed by atoms with Crippen molar-refractivity contribution in [3.63, 3.8) is 0 Å². The van der Waals surface area contributed by atoms with Crippen LogP contribution in [-0.2, 0) is 12.8 Å². The second kappa shape index (κ2) is 6.40. The molecule has 0 saturated heterocycles. The fourth-order valence-corrected chi connectivity index (χ4v) is 3.12. The molecule has 1 aliphatic carbocycles. The number of nitrogens with zero attached hydrogens (tertiary/aromatic N) is 1. The maximum atomic E-state index is 10.5. The second-order valence-corrected chi connectivity index (χ2v) is 5.88. The predicted octanol–water partition coefficient (Wildman–Crippen LogP) is 3.45. The number of amides is 1. The lowest BCUT2D eigenvalue weighted by Gasteiger charge is -2.21. The van der Waals surface area contributed by atoms with Crippen LogP contribution < -0.4 is 10.6 Å².